The number of nitrogens with one attached hydrogen (secondary N) is 1. The number of anilines is 1. The molecule has 1 aliphatic heterocycles. The summed E-state index contributed by atoms with van der Waals surface area (Å²) < 4.78 is 39.4. The number of nitrogens with zero attached hydrogens (tertiary/aromatic N) is 1. The molecule has 1 fully saturated rings. The van der Waals surface area contributed by atoms with E-state index in [1.807, 2.05) is 19.9 Å². The van der Waals surface area contributed by atoms with E-state index >= 15 is 0 Å². The van der Waals surface area contributed by atoms with Crippen LogP contribution in [0.1, 0.15) is 24.0 Å². The van der Waals surface area contributed by atoms with Crippen LogP contribution in [0.4, 0.5) is 10.1 Å². The van der Waals surface area contributed by atoms with Crippen LogP contribution in [-0.4, -0.2) is 30.6 Å². The maximum absolute atomic E-state index is 13.1. The first-order chi connectivity index (χ1) is 12.7. The largest absolute Gasteiger partial charge is 0.324 e. The smallest absolute Gasteiger partial charge is 0.267 e. The monoisotopic (exact) mass is 390 g/mol. The molecule has 1 saturated heterocycles. The summed E-state index contributed by atoms with van der Waals surface area (Å²) in [6, 6.07) is 8.48. The maximum atomic E-state index is 13.1. The van der Waals surface area contributed by atoms with E-state index in [2.05, 4.69) is 5.32 Å². The number of carbonyl (C=O) groups is 2. The molecule has 1 unspecified atom stereocenters. The third-order valence-corrected chi connectivity index (χ3v) is 6.17. The molecule has 0 saturated carbocycles. The average Bonchev–Trinajstić information content (AvgIpc) is 2.97. The second-order valence-corrected chi connectivity index (χ2v) is 8.38. The molecular weight excluding hydrogens is 371 g/mol. The molecule has 0 radical (unpaired) electrons. The predicted molar refractivity (Wildman–Crippen MR) is 98.0 cm³/mol. The van der Waals surface area contributed by atoms with E-state index in [-0.39, 0.29) is 17.7 Å². The zero-order chi connectivity index (χ0) is 19.8. The van der Waals surface area contributed by atoms with Gasteiger partial charge in [-0.25, -0.2) is 17.1 Å². The van der Waals surface area contributed by atoms with Gasteiger partial charge in [-0.3, -0.25) is 9.59 Å². The predicted octanol–water partition coefficient (Wildman–Crippen LogP) is 2.76. The highest BCUT2D eigenvalue weighted by Crippen LogP contribution is 2.28. The van der Waals surface area contributed by atoms with Gasteiger partial charge >= 0.3 is 0 Å². The minimum Gasteiger partial charge on any atom is -0.324 e. The molecule has 1 aliphatic rings. The van der Waals surface area contributed by atoms with Crippen molar-refractivity contribution in [2.75, 3.05) is 5.32 Å². The number of benzene rings is 2. The third-order valence-electron chi connectivity index (χ3n) is 4.32. The van der Waals surface area contributed by atoms with Crippen LogP contribution in [0.5, 0.6) is 0 Å². The minimum absolute atomic E-state index is 0.0502. The normalized spacial score (nSPS) is 17.2. The van der Waals surface area contributed by atoms with E-state index in [1.54, 1.807) is 12.1 Å². The minimum atomic E-state index is -4.25. The van der Waals surface area contributed by atoms with Crippen LogP contribution in [0, 0.1) is 19.7 Å². The fourth-order valence-corrected chi connectivity index (χ4v) is 4.80. The number of hydrogen-bond acceptors (Lipinski definition) is 4. The van der Waals surface area contributed by atoms with Crippen LogP contribution < -0.4 is 5.32 Å². The molecule has 1 atom stereocenters. The first-order valence-electron chi connectivity index (χ1n) is 8.40. The number of halogens is 1. The number of sulfonamides is 1. The number of amides is 2. The Balaban J connectivity index is 1.89. The molecule has 0 aromatic heterocycles. The molecule has 0 aliphatic carbocycles. The lowest BCUT2D eigenvalue weighted by molar-refractivity contribution is -0.128. The van der Waals surface area contributed by atoms with Crippen molar-refractivity contribution in [1.29, 1.82) is 0 Å². The molecule has 6 nitrogen and oxygen atoms in total. The van der Waals surface area contributed by atoms with Gasteiger partial charge in [-0.15, -0.1) is 0 Å². The summed E-state index contributed by atoms with van der Waals surface area (Å²) in [6.07, 6.45) is 0.0429. The number of hydrogen-bond donors (Lipinski definition) is 1. The second kappa shape index (κ2) is 7.11. The molecule has 0 bridgehead atoms. The number of aryl methyl sites for hydroxylation is 2. The lowest BCUT2D eigenvalue weighted by atomic mass is 10.1. The van der Waals surface area contributed by atoms with Crippen LogP contribution in [-0.2, 0) is 19.6 Å². The molecule has 2 aromatic rings. The highest BCUT2D eigenvalue weighted by atomic mass is 32.2. The van der Waals surface area contributed by atoms with Gasteiger partial charge in [-0.2, -0.15) is 0 Å². The molecule has 0 spiro atoms. The summed E-state index contributed by atoms with van der Waals surface area (Å²) >= 11 is 0. The Bertz CT molecular complexity index is 983. The van der Waals surface area contributed by atoms with Gasteiger partial charge in [0, 0.05) is 12.1 Å². The SMILES string of the molecule is Cc1cc(C)cc(NC(=O)C2CCC(=O)N2S(=O)(=O)c2ccc(F)cc2)c1. The van der Waals surface area contributed by atoms with Crippen LogP contribution in [0.15, 0.2) is 47.4 Å². The quantitative estimate of drug-likeness (QED) is 0.870. The molecule has 2 aromatic carbocycles. The summed E-state index contributed by atoms with van der Waals surface area (Å²) in [5.74, 6) is -1.82. The van der Waals surface area contributed by atoms with Crippen molar-refractivity contribution in [1.82, 2.24) is 4.31 Å². The first kappa shape index (κ1) is 19.0. The van der Waals surface area contributed by atoms with Gasteiger partial charge in [0.15, 0.2) is 0 Å². The molecular formula is C19H19FN2O4S. The first-order valence-corrected chi connectivity index (χ1v) is 9.84. The lowest BCUT2D eigenvalue weighted by Crippen LogP contribution is -2.45. The molecule has 8 heteroatoms. The summed E-state index contributed by atoms with van der Waals surface area (Å²) in [6.45, 7) is 3.76. The van der Waals surface area contributed by atoms with Crippen molar-refractivity contribution < 1.29 is 22.4 Å². The van der Waals surface area contributed by atoms with Crippen molar-refractivity contribution in [3.63, 3.8) is 0 Å². The van der Waals surface area contributed by atoms with Crippen LogP contribution in [0.25, 0.3) is 0 Å². The van der Waals surface area contributed by atoms with Crippen molar-refractivity contribution >= 4 is 27.5 Å². The zero-order valence-corrected chi connectivity index (χ0v) is 15.7. The Labute approximate surface area is 157 Å². The molecule has 2 amide bonds. The highest BCUT2D eigenvalue weighted by molar-refractivity contribution is 7.89. The van der Waals surface area contributed by atoms with E-state index in [0.717, 1.165) is 35.4 Å². The van der Waals surface area contributed by atoms with E-state index in [9.17, 15) is 22.4 Å². The zero-order valence-electron chi connectivity index (χ0n) is 14.9. The van der Waals surface area contributed by atoms with Gasteiger partial charge in [0.2, 0.25) is 11.8 Å². The van der Waals surface area contributed by atoms with Gasteiger partial charge < -0.3 is 5.32 Å². The van der Waals surface area contributed by atoms with Crippen molar-refractivity contribution in [3.8, 4) is 0 Å². The molecule has 142 valence electrons. The molecule has 1 heterocycles. The Morgan fingerprint density at radius 3 is 2.30 bits per heavy atom. The van der Waals surface area contributed by atoms with Crippen LogP contribution >= 0.6 is 0 Å². The Morgan fingerprint density at radius 1 is 1.11 bits per heavy atom. The maximum Gasteiger partial charge on any atom is 0.267 e. The lowest BCUT2D eigenvalue weighted by Gasteiger charge is -2.24. The van der Waals surface area contributed by atoms with Crippen LogP contribution in [0.2, 0.25) is 0 Å². The van der Waals surface area contributed by atoms with Crippen molar-refractivity contribution in [3.05, 3.63) is 59.4 Å². The van der Waals surface area contributed by atoms with E-state index in [4.69, 9.17) is 0 Å². The molecule has 1 N–H and O–H groups in total. The summed E-state index contributed by atoms with van der Waals surface area (Å²) in [4.78, 5) is 24.7. The van der Waals surface area contributed by atoms with Gasteiger partial charge in [0.05, 0.1) is 4.90 Å². The number of rotatable bonds is 4. The third kappa shape index (κ3) is 3.85. The Kier molecular flexibility index (Phi) is 5.01. The average molecular weight is 390 g/mol. The summed E-state index contributed by atoms with van der Waals surface area (Å²) in [5.41, 5.74) is 2.43. The Morgan fingerprint density at radius 2 is 1.70 bits per heavy atom. The highest BCUT2D eigenvalue weighted by Gasteiger charge is 2.44. The molecule has 3 rings (SSSR count). The van der Waals surface area contributed by atoms with Gasteiger partial charge in [0.25, 0.3) is 10.0 Å². The van der Waals surface area contributed by atoms with Crippen molar-refractivity contribution in [2.24, 2.45) is 0 Å². The summed E-state index contributed by atoms with van der Waals surface area (Å²) in [5, 5.41) is 2.69. The topological polar surface area (TPSA) is 83.6 Å². The van der Waals surface area contributed by atoms with E-state index in [0.29, 0.717) is 9.99 Å². The standard InChI is InChI=1S/C19H19FN2O4S/c1-12-9-13(2)11-15(10-12)21-19(24)17-7-8-18(23)22(17)27(25,26)16-5-3-14(20)4-6-16/h3-6,9-11,17H,7-8H2,1-2H3,(H,21,24). The van der Waals surface area contributed by atoms with Gasteiger partial charge in [-0.1, -0.05) is 6.07 Å². The second-order valence-electron chi connectivity index (χ2n) is 6.57. The van der Waals surface area contributed by atoms with Crippen molar-refractivity contribution in [2.45, 2.75) is 37.6 Å². The van der Waals surface area contributed by atoms with E-state index in [1.165, 1.54) is 0 Å². The van der Waals surface area contributed by atoms with E-state index < -0.39 is 33.7 Å². The van der Waals surface area contributed by atoms with Gasteiger partial charge in [0.1, 0.15) is 11.9 Å². The number of carbonyl (C=O) groups excluding carboxylic acids is 2. The van der Waals surface area contributed by atoms with Crippen LogP contribution in [0.3, 0.4) is 0 Å². The molecule has 27 heavy (non-hydrogen) atoms. The summed E-state index contributed by atoms with van der Waals surface area (Å²) in [7, 11) is -4.25. The Hall–Kier alpha value is -2.74. The fraction of sp³-hybridized carbons (Fsp3) is 0.263. The van der Waals surface area contributed by atoms with Gasteiger partial charge in [-0.05, 0) is 67.8 Å². The fourth-order valence-electron chi connectivity index (χ4n) is 3.19.